The fraction of sp³-hybridized carbons (Fsp3) is 0.520. The van der Waals surface area contributed by atoms with Gasteiger partial charge in [0, 0.05) is 14.2 Å². The Labute approximate surface area is 200 Å². The van der Waals surface area contributed by atoms with Crippen LogP contribution in [0.2, 0.25) is 0 Å². The van der Waals surface area contributed by atoms with Crippen molar-refractivity contribution in [1.82, 2.24) is 0 Å². The largest absolute Gasteiger partial charge is 0.376 e. The van der Waals surface area contributed by atoms with Crippen LogP contribution in [0, 0.1) is 0 Å². The molecule has 9 heteroatoms. The molecule has 2 heterocycles. The summed E-state index contributed by atoms with van der Waals surface area (Å²) in [7, 11) is -0.885. The summed E-state index contributed by atoms with van der Waals surface area (Å²) in [5.74, 6) is -0.819. The van der Waals surface area contributed by atoms with Crippen LogP contribution in [0.15, 0.2) is 60.7 Å². The van der Waals surface area contributed by atoms with Gasteiger partial charge in [-0.2, -0.15) is 0 Å². The van der Waals surface area contributed by atoms with Crippen molar-refractivity contribution < 1.29 is 37.3 Å². The molecule has 0 aliphatic carbocycles. The molecular formula is C25H33O8P. The quantitative estimate of drug-likeness (QED) is 0.424. The molecule has 8 nitrogen and oxygen atoms in total. The highest BCUT2D eigenvalue weighted by molar-refractivity contribution is 7.54. The predicted octanol–water partition coefficient (Wildman–Crippen LogP) is 4.52. The summed E-state index contributed by atoms with van der Waals surface area (Å²) in [6.07, 6.45) is -2.44. The highest BCUT2D eigenvalue weighted by Crippen LogP contribution is 2.56. The lowest BCUT2D eigenvalue weighted by atomic mass is 10.1. The summed E-state index contributed by atoms with van der Waals surface area (Å²) in [5.41, 5.74) is 1.25. The van der Waals surface area contributed by atoms with Crippen molar-refractivity contribution in [2.75, 3.05) is 20.8 Å². The van der Waals surface area contributed by atoms with Crippen LogP contribution in [-0.4, -0.2) is 56.9 Å². The van der Waals surface area contributed by atoms with Gasteiger partial charge in [0.25, 0.3) is 0 Å². The molecular weight excluding hydrogens is 459 g/mol. The maximum absolute atomic E-state index is 13.6. The average Bonchev–Trinajstić information content (AvgIpc) is 3.32. The molecule has 0 bridgehead atoms. The molecule has 2 aliphatic heterocycles. The zero-order valence-corrected chi connectivity index (χ0v) is 20.9. The van der Waals surface area contributed by atoms with Gasteiger partial charge in [-0.3, -0.25) is 4.57 Å². The van der Waals surface area contributed by atoms with Crippen molar-refractivity contribution in [3.63, 3.8) is 0 Å². The van der Waals surface area contributed by atoms with E-state index in [1.54, 1.807) is 0 Å². The van der Waals surface area contributed by atoms with Gasteiger partial charge in [-0.15, -0.1) is 0 Å². The number of ether oxygens (including phenoxy) is 5. The van der Waals surface area contributed by atoms with Gasteiger partial charge in [0.15, 0.2) is 12.1 Å². The van der Waals surface area contributed by atoms with Crippen LogP contribution < -0.4 is 0 Å². The van der Waals surface area contributed by atoms with E-state index in [1.807, 2.05) is 74.5 Å². The predicted molar refractivity (Wildman–Crippen MR) is 125 cm³/mol. The third-order valence-corrected chi connectivity index (χ3v) is 8.28. The Kier molecular flexibility index (Phi) is 8.23. The molecule has 0 spiro atoms. The third-order valence-electron chi connectivity index (χ3n) is 6.01. The molecule has 2 aromatic rings. The van der Waals surface area contributed by atoms with Gasteiger partial charge in [-0.1, -0.05) is 60.7 Å². The molecule has 2 aliphatic rings. The molecule has 0 radical (unpaired) electrons. The summed E-state index contributed by atoms with van der Waals surface area (Å²) < 4.78 is 55.0. The van der Waals surface area contributed by atoms with Crippen molar-refractivity contribution in [2.24, 2.45) is 0 Å². The van der Waals surface area contributed by atoms with Gasteiger partial charge in [-0.25, -0.2) is 0 Å². The van der Waals surface area contributed by atoms with E-state index in [0.717, 1.165) is 11.1 Å². The minimum absolute atomic E-state index is 0.0759. The van der Waals surface area contributed by atoms with Gasteiger partial charge in [-0.05, 0) is 25.0 Å². The Bertz CT molecular complexity index is 946. The first-order valence-corrected chi connectivity index (χ1v) is 13.0. The first kappa shape index (κ1) is 25.5. The minimum Gasteiger partial charge on any atom is -0.376 e. The lowest BCUT2D eigenvalue weighted by Crippen LogP contribution is -2.44. The number of benzene rings is 2. The topological polar surface area (TPSA) is 81.7 Å². The van der Waals surface area contributed by atoms with Crippen LogP contribution in [0.3, 0.4) is 0 Å². The maximum Gasteiger partial charge on any atom is 0.338 e. The summed E-state index contributed by atoms with van der Waals surface area (Å²) in [6.45, 7) is 4.41. The molecule has 34 heavy (non-hydrogen) atoms. The SMILES string of the molecule is COP(=O)(OC)[C@H](COCc1ccccc1)[C@H]1O[C@H]2OC(C)(C)O[C@H]2[C@@H]1OCc1ccccc1. The molecule has 0 amide bonds. The average molecular weight is 493 g/mol. The van der Waals surface area contributed by atoms with E-state index in [1.165, 1.54) is 14.2 Å². The zero-order chi connectivity index (χ0) is 24.2. The number of fused-ring (bicyclic) bond motifs is 1. The van der Waals surface area contributed by atoms with E-state index in [2.05, 4.69) is 0 Å². The number of rotatable bonds is 11. The Hall–Kier alpha value is -1.61. The Morgan fingerprint density at radius 3 is 2.09 bits per heavy atom. The van der Waals surface area contributed by atoms with Gasteiger partial charge in [0.05, 0.1) is 19.8 Å². The fourth-order valence-corrected chi connectivity index (χ4v) is 5.93. The molecule has 0 N–H and O–H groups in total. The van der Waals surface area contributed by atoms with E-state index in [-0.39, 0.29) is 6.61 Å². The molecule has 186 valence electrons. The zero-order valence-electron chi connectivity index (χ0n) is 20.0. The van der Waals surface area contributed by atoms with Crippen LogP contribution >= 0.6 is 7.60 Å². The number of hydrogen-bond donors (Lipinski definition) is 0. The van der Waals surface area contributed by atoms with Gasteiger partial charge in [0.2, 0.25) is 0 Å². The molecule has 2 saturated heterocycles. The Balaban J connectivity index is 1.55. The molecule has 2 fully saturated rings. The number of hydrogen-bond acceptors (Lipinski definition) is 8. The van der Waals surface area contributed by atoms with Gasteiger partial charge >= 0.3 is 7.60 Å². The van der Waals surface area contributed by atoms with Crippen molar-refractivity contribution in [3.8, 4) is 0 Å². The highest BCUT2D eigenvalue weighted by Gasteiger charge is 2.60. The first-order chi connectivity index (χ1) is 16.3. The van der Waals surface area contributed by atoms with E-state index in [4.69, 9.17) is 32.7 Å². The first-order valence-electron chi connectivity index (χ1n) is 11.3. The minimum atomic E-state index is -3.61. The summed E-state index contributed by atoms with van der Waals surface area (Å²) in [6, 6.07) is 19.6. The summed E-state index contributed by atoms with van der Waals surface area (Å²) in [5, 5.41) is 0. The second-order valence-corrected chi connectivity index (χ2v) is 11.3. The van der Waals surface area contributed by atoms with Crippen molar-refractivity contribution >= 4 is 7.60 Å². The van der Waals surface area contributed by atoms with Gasteiger partial charge in [0.1, 0.15) is 24.0 Å². The standard InChI is InChI=1S/C25H33O8P/c1-25(2)32-23-22(30-16-19-13-9-6-10-14-19)21(31-24(23)33-25)20(34(26,27-3)28-4)17-29-15-18-11-7-5-8-12-18/h5-14,20-24H,15-17H2,1-4H3/t20-,21-,22-,23+,24+/m1/s1. The van der Waals surface area contributed by atoms with Gasteiger partial charge < -0.3 is 32.7 Å². The van der Waals surface area contributed by atoms with Crippen molar-refractivity contribution in [3.05, 3.63) is 71.8 Å². The molecule has 0 aromatic heterocycles. The molecule has 2 aromatic carbocycles. The third kappa shape index (κ3) is 5.78. The van der Waals surface area contributed by atoms with E-state index in [9.17, 15) is 4.57 Å². The van der Waals surface area contributed by atoms with E-state index in [0.29, 0.717) is 13.2 Å². The maximum atomic E-state index is 13.6. The van der Waals surface area contributed by atoms with Crippen molar-refractivity contribution in [1.29, 1.82) is 0 Å². The molecule has 0 saturated carbocycles. The Morgan fingerprint density at radius 2 is 1.50 bits per heavy atom. The normalized spacial score (nSPS) is 26.9. The smallest absolute Gasteiger partial charge is 0.338 e. The highest BCUT2D eigenvalue weighted by atomic mass is 31.2. The van der Waals surface area contributed by atoms with Crippen LogP contribution in [-0.2, 0) is 50.5 Å². The second-order valence-electron chi connectivity index (χ2n) is 8.80. The van der Waals surface area contributed by atoms with Crippen LogP contribution in [0.5, 0.6) is 0 Å². The van der Waals surface area contributed by atoms with Crippen LogP contribution in [0.1, 0.15) is 25.0 Å². The molecule has 0 unspecified atom stereocenters. The van der Waals surface area contributed by atoms with Crippen LogP contribution in [0.25, 0.3) is 0 Å². The monoisotopic (exact) mass is 492 g/mol. The summed E-state index contributed by atoms with van der Waals surface area (Å²) in [4.78, 5) is 0. The fourth-order valence-electron chi connectivity index (χ4n) is 4.35. The lowest BCUT2D eigenvalue weighted by Gasteiger charge is -2.33. The second kappa shape index (κ2) is 11.0. The van der Waals surface area contributed by atoms with E-state index >= 15 is 0 Å². The molecule has 5 atom stereocenters. The Morgan fingerprint density at radius 1 is 0.912 bits per heavy atom. The molecule has 4 rings (SSSR count). The van der Waals surface area contributed by atoms with E-state index < -0.39 is 43.6 Å². The van der Waals surface area contributed by atoms with Crippen molar-refractivity contribution in [2.45, 2.75) is 63.1 Å². The lowest BCUT2D eigenvalue weighted by molar-refractivity contribution is -0.220. The summed E-state index contributed by atoms with van der Waals surface area (Å²) >= 11 is 0. The van der Waals surface area contributed by atoms with Crippen LogP contribution in [0.4, 0.5) is 0 Å².